The van der Waals surface area contributed by atoms with Crippen LogP contribution in [0.2, 0.25) is 0 Å². The number of piperidine rings is 1. The summed E-state index contributed by atoms with van der Waals surface area (Å²) in [5.74, 6) is 0.338. The second-order valence-electron chi connectivity index (χ2n) is 4.42. The molecule has 1 heterocycles. The van der Waals surface area contributed by atoms with Crippen molar-refractivity contribution >= 4 is 5.78 Å². The first-order chi connectivity index (χ1) is 7.72. The van der Waals surface area contributed by atoms with Crippen LogP contribution in [-0.4, -0.2) is 54.7 Å². The molecule has 0 bridgehead atoms. The van der Waals surface area contributed by atoms with Crippen molar-refractivity contribution in [2.75, 3.05) is 32.8 Å². The molecule has 0 aromatic carbocycles. The number of likely N-dealkylation sites (tertiary alicyclic amines) is 1. The fourth-order valence-electron chi connectivity index (χ4n) is 1.80. The van der Waals surface area contributed by atoms with Crippen LogP contribution in [0.5, 0.6) is 0 Å². The largest absolute Gasteiger partial charge is 0.389 e. The molecule has 4 nitrogen and oxygen atoms in total. The molecule has 1 N–H and O–H groups in total. The minimum Gasteiger partial charge on any atom is -0.389 e. The molecule has 16 heavy (non-hydrogen) atoms. The maximum atomic E-state index is 11.0. The van der Waals surface area contributed by atoms with Crippen molar-refractivity contribution in [1.29, 1.82) is 0 Å². The third-order valence-electron chi connectivity index (χ3n) is 2.84. The van der Waals surface area contributed by atoms with Gasteiger partial charge in [0.05, 0.1) is 12.7 Å². The lowest BCUT2D eigenvalue weighted by Gasteiger charge is -2.27. The first-order valence-corrected chi connectivity index (χ1v) is 6.22. The molecule has 1 saturated heterocycles. The van der Waals surface area contributed by atoms with Gasteiger partial charge in [-0.25, -0.2) is 0 Å². The Balaban J connectivity index is 2.04. The molecule has 0 aromatic heterocycles. The minimum absolute atomic E-state index is 0.338. The van der Waals surface area contributed by atoms with Crippen molar-refractivity contribution < 1.29 is 14.6 Å². The van der Waals surface area contributed by atoms with Crippen molar-refractivity contribution in [2.24, 2.45) is 0 Å². The molecule has 0 aliphatic carbocycles. The SMILES string of the molecule is CCCCOCC(O)CN1CCC(=O)CC1. The number of Topliss-reactive ketones (excluding diaryl/α,β-unsaturated/α-hetero) is 1. The molecule has 1 atom stereocenters. The third-order valence-corrected chi connectivity index (χ3v) is 2.84. The molecule has 0 amide bonds. The van der Waals surface area contributed by atoms with Gasteiger partial charge in [0.1, 0.15) is 5.78 Å². The highest BCUT2D eigenvalue weighted by atomic mass is 16.5. The Hall–Kier alpha value is -0.450. The summed E-state index contributed by atoms with van der Waals surface area (Å²) in [7, 11) is 0. The lowest BCUT2D eigenvalue weighted by atomic mass is 10.1. The van der Waals surface area contributed by atoms with Gasteiger partial charge in [0.25, 0.3) is 0 Å². The van der Waals surface area contributed by atoms with Crippen molar-refractivity contribution in [3.8, 4) is 0 Å². The highest BCUT2D eigenvalue weighted by Crippen LogP contribution is 2.06. The van der Waals surface area contributed by atoms with Crippen molar-refractivity contribution in [2.45, 2.75) is 38.7 Å². The number of nitrogens with zero attached hydrogens (tertiary/aromatic N) is 1. The highest BCUT2D eigenvalue weighted by molar-refractivity contribution is 5.79. The Morgan fingerprint density at radius 3 is 2.75 bits per heavy atom. The molecular formula is C12H23NO3. The summed E-state index contributed by atoms with van der Waals surface area (Å²) in [4.78, 5) is 13.2. The number of carbonyl (C=O) groups excluding carboxylic acids is 1. The maximum Gasteiger partial charge on any atom is 0.135 e. The summed E-state index contributed by atoms with van der Waals surface area (Å²) in [6.45, 7) is 5.44. The Bertz CT molecular complexity index is 198. The van der Waals surface area contributed by atoms with Crippen molar-refractivity contribution in [3.05, 3.63) is 0 Å². The fraction of sp³-hybridized carbons (Fsp3) is 0.917. The maximum absolute atomic E-state index is 11.0. The first kappa shape index (κ1) is 13.6. The number of hydrogen-bond donors (Lipinski definition) is 1. The Labute approximate surface area is 97.6 Å². The summed E-state index contributed by atoms with van der Waals surface area (Å²) in [5.41, 5.74) is 0. The molecule has 1 rings (SSSR count). The monoisotopic (exact) mass is 229 g/mol. The highest BCUT2D eigenvalue weighted by Gasteiger charge is 2.18. The summed E-state index contributed by atoms with van der Waals surface area (Å²) in [6, 6.07) is 0. The van der Waals surface area contributed by atoms with Gasteiger partial charge < -0.3 is 9.84 Å². The van der Waals surface area contributed by atoms with E-state index in [0.29, 0.717) is 31.8 Å². The van der Waals surface area contributed by atoms with Crippen LogP contribution in [-0.2, 0) is 9.53 Å². The van der Waals surface area contributed by atoms with E-state index in [1.165, 1.54) is 0 Å². The number of hydrogen-bond acceptors (Lipinski definition) is 4. The van der Waals surface area contributed by atoms with E-state index in [0.717, 1.165) is 32.5 Å². The quantitative estimate of drug-likeness (QED) is 0.657. The van der Waals surface area contributed by atoms with E-state index in [-0.39, 0.29) is 0 Å². The van der Waals surface area contributed by atoms with Crippen LogP contribution >= 0.6 is 0 Å². The van der Waals surface area contributed by atoms with E-state index in [9.17, 15) is 9.90 Å². The van der Waals surface area contributed by atoms with E-state index in [1.54, 1.807) is 0 Å². The van der Waals surface area contributed by atoms with E-state index < -0.39 is 6.10 Å². The van der Waals surface area contributed by atoms with Gasteiger partial charge in [-0.3, -0.25) is 9.69 Å². The first-order valence-electron chi connectivity index (χ1n) is 6.22. The Morgan fingerprint density at radius 1 is 1.44 bits per heavy atom. The van der Waals surface area contributed by atoms with Gasteiger partial charge in [-0.15, -0.1) is 0 Å². The smallest absolute Gasteiger partial charge is 0.135 e. The number of ether oxygens (including phenoxy) is 1. The zero-order chi connectivity index (χ0) is 11.8. The van der Waals surface area contributed by atoms with Crippen LogP contribution in [0.4, 0.5) is 0 Å². The standard InChI is InChI=1S/C12H23NO3/c1-2-3-8-16-10-12(15)9-13-6-4-11(14)5-7-13/h12,15H,2-10H2,1H3. The number of ketones is 1. The molecule has 0 radical (unpaired) electrons. The number of unbranched alkanes of at least 4 members (excludes halogenated alkanes) is 1. The van der Waals surface area contributed by atoms with Crippen LogP contribution < -0.4 is 0 Å². The van der Waals surface area contributed by atoms with Gasteiger partial charge in [-0.2, -0.15) is 0 Å². The van der Waals surface area contributed by atoms with Crippen LogP contribution in [0.3, 0.4) is 0 Å². The van der Waals surface area contributed by atoms with Gasteiger partial charge in [-0.1, -0.05) is 13.3 Å². The topological polar surface area (TPSA) is 49.8 Å². The normalized spacial score (nSPS) is 20.0. The number of aliphatic hydroxyl groups excluding tert-OH is 1. The summed E-state index contributed by atoms with van der Waals surface area (Å²) < 4.78 is 5.35. The van der Waals surface area contributed by atoms with E-state index >= 15 is 0 Å². The van der Waals surface area contributed by atoms with Gasteiger partial charge in [-0.05, 0) is 6.42 Å². The van der Waals surface area contributed by atoms with Crippen molar-refractivity contribution in [1.82, 2.24) is 4.90 Å². The van der Waals surface area contributed by atoms with Gasteiger partial charge in [0.15, 0.2) is 0 Å². The van der Waals surface area contributed by atoms with Crippen LogP contribution in [0.25, 0.3) is 0 Å². The van der Waals surface area contributed by atoms with E-state index in [2.05, 4.69) is 11.8 Å². The predicted octanol–water partition coefficient (Wildman–Crippen LogP) is 0.829. The molecule has 0 aromatic rings. The van der Waals surface area contributed by atoms with Gasteiger partial charge >= 0.3 is 0 Å². The summed E-state index contributed by atoms with van der Waals surface area (Å²) in [5, 5.41) is 9.72. The molecule has 1 aliphatic rings. The van der Waals surface area contributed by atoms with Crippen LogP contribution in [0.1, 0.15) is 32.6 Å². The summed E-state index contributed by atoms with van der Waals surface area (Å²) in [6.07, 6.45) is 2.99. The zero-order valence-corrected chi connectivity index (χ0v) is 10.2. The van der Waals surface area contributed by atoms with E-state index in [4.69, 9.17) is 4.74 Å². The number of aliphatic hydroxyl groups is 1. The zero-order valence-electron chi connectivity index (χ0n) is 10.2. The molecule has 1 fully saturated rings. The number of β-amino-alcohol motifs (C(OH)–C–C–N with tert-alkyl or cyclic N) is 1. The molecule has 0 saturated carbocycles. The summed E-state index contributed by atoms with van der Waals surface area (Å²) >= 11 is 0. The van der Waals surface area contributed by atoms with Crippen LogP contribution in [0.15, 0.2) is 0 Å². The lowest BCUT2D eigenvalue weighted by Crippen LogP contribution is -2.40. The van der Waals surface area contributed by atoms with Gasteiger partial charge in [0.2, 0.25) is 0 Å². The van der Waals surface area contributed by atoms with E-state index in [1.807, 2.05) is 0 Å². The molecular weight excluding hydrogens is 206 g/mol. The lowest BCUT2D eigenvalue weighted by molar-refractivity contribution is -0.121. The third kappa shape index (κ3) is 5.58. The van der Waals surface area contributed by atoms with Crippen LogP contribution in [0, 0.1) is 0 Å². The number of rotatable bonds is 7. The average Bonchev–Trinajstić information content (AvgIpc) is 2.28. The second kappa shape index (κ2) is 7.76. The Morgan fingerprint density at radius 2 is 2.12 bits per heavy atom. The fourth-order valence-corrected chi connectivity index (χ4v) is 1.80. The van der Waals surface area contributed by atoms with Gasteiger partial charge in [0, 0.05) is 39.1 Å². The number of carbonyl (C=O) groups is 1. The second-order valence-corrected chi connectivity index (χ2v) is 4.42. The molecule has 94 valence electrons. The average molecular weight is 229 g/mol. The molecule has 1 aliphatic heterocycles. The molecule has 0 spiro atoms. The molecule has 4 heteroatoms. The minimum atomic E-state index is -0.426. The van der Waals surface area contributed by atoms with Crippen molar-refractivity contribution in [3.63, 3.8) is 0 Å². The predicted molar refractivity (Wildman–Crippen MR) is 62.4 cm³/mol. The Kier molecular flexibility index (Phi) is 6.61. The molecule has 1 unspecified atom stereocenters.